The Kier molecular flexibility index (Phi) is 4.74. The first-order valence-corrected chi connectivity index (χ1v) is 6.64. The second-order valence-corrected chi connectivity index (χ2v) is 4.87. The summed E-state index contributed by atoms with van der Waals surface area (Å²) < 4.78 is 23.8. The van der Waals surface area contributed by atoms with Gasteiger partial charge in [-0.25, -0.2) is 4.39 Å². The molecule has 0 bridgehead atoms. The minimum Gasteiger partial charge on any atom is -0.496 e. The fraction of sp³-hybridized carbons (Fsp3) is 0.133. The van der Waals surface area contributed by atoms with Crippen molar-refractivity contribution >= 4 is 21.7 Å². The van der Waals surface area contributed by atoms with Gasteiger partial charge in [0.25, 0.3) is 0 Å². The number of ketones is 1. The zero-order valence-corrected chi connectivity index (χ0v) is 12.3. The average Bonchev–Trinajstić information content (AvgIpc) is 2.46. The molecule has 2 rings (SSSR count). The summed E-state index contributed by atoms with van der Waals surface area (Å²) in [5, 5.41) is 0. The zero-order chi connectivity index (χ0) is 14.5. The summed E-state index contributed by atoms with van der Waals surface area (Å²) in [6.07, 6.45) is 0. The van der Waals surface area contributed by atoms with Crippen molar-refractivity contribution in [2.75, 3.05) is 13.7 Å². The molecule has 3 nitrogen and oxygen atoms in total. The molecule has 5 heteroatoms. The number of Topliss-reactive ketones (excluding diaryl/α,β-unsaturated/α-hetero) is 1. The van der Waals surface area contributed by atoms with Gasteiger partial charge < -0.3 is 9.47 Å². The lowest BCUT2D eigenvalue weighted by Gasteiger charge is -2.07. The minimum atomic E-state index is -0.345. The third-order valence-corrected chi connectivity index (χ3v) is 3.28. The molecule has 2 aromatic rings. The van der Waals surface area contributed by atoms with Crippen molar-refractivity contribution in [1.82, 2.24) is 0 Å². The topological polar surface area (TPSA) is 35.5 Å². The Hall–Kier alpha value is -1.88. The number of hydrogen-bond acceptors (Lipinski definition) is 3. The predicted octanol–water partition coefficient (Wildman–Crippen LogP) is 3.86. The van der Waals surface area contributed by atoms with Crippen LogP contribution in [0.3, 0.4) is 0 Å². The van der Waals surface area contributed by atoms with Crippen molar-refractivity contribution in [1.29, 1.82) is 0 Å². The second-order valence-electron chi connectivity index (χ2n) is 4.02. The average molecular weight is 339 g/mol. The number of methoxy groups -OCH3 is 1. The van der Waals surface area contributed by atoms with E-state index < -0.39 is 0 Å². The van der Waals surface area contributed by atoms with Crippen molar-refractivity contribution < 1.29 is 18.7 Å². The summed E-state index contributed by atoms with van der Waals surface area (Å²) in [5.74, 6) is 0.591. The molecule has 0 saturated carbocycles. The van der Waals surface area contributed by atoms with Crippen molar-refractivity contribution in [2.24, 2.45) is 0 Å². The van der Waals surface area contributed by atoms with E-state index in [1.807, 2.05) is 0 Å². The smallest absolute Gasteiger partial charge is 0.200 e. The molecule has 0 spiro atoms. The SMILES string of the molecule is COc1ccc(C(=O)COc2ccc(F)cc2)cc1Br. The Morgan fingerprint density at radius 2 is 1.90 bits per heavy atom. The largest absolute Gasteiger partial charge is 0.496 e. The summed E-state index contributed by atoms with van der Waals surface area (Å²) in [7, 11) is 1.55. The van der Waals surface area contributed by atoms with Crippen LogP contribution in [-0.2, 0) is 0 Å². The summed E-state index contributed by atoms with van der Waals surface area (Å²) in [4.78, 5) is 12.0. The van der Waals surface area contributed by atoms with Crippen LogP contribution in [0.1, 0.15) is 10.4 Å². The second kappa shape index (κ2) is 6.52. The van der Waals surface area contributed by atoms with Gasteiger partial charge in [0.2, 0.25) is 0 Å². The highest BCUT2D eigenvalue weighted by molar-refractivity contribution is 9.10. The van der Waals surface area contributed by atoms with E-state index in [4.69, 9.17) is 9.47 Å². The van der Waals surface area contributed by atoms with Gasteiger partial charge in [0.15, 0.2) is 12.4 Å². The molecule has 0 saturated heterocycles. The van der Waals surface area contributed by atoms with E-state index in [-0.39, 0.29) is 18.2 Å². The fourth-order valence-corrected chi connectivity index (χ4v) is 2.14. The molecule has 0 N–H and O–H groups in total. The Balaban J connectivity index is 2.01. The zero-order valence-electron chi connectivity index (χ0n) is 10.7. The van der Waals surface area contributed by atoms with Crippen LogP contribution in [0.2, 0.25) is 0 Å². The van der Waals surface area contributed by atoms with Crippen LogP contribution < -0.4 is 9.47 Å². The predicted molar refractivity (Wildman–Crippen MR) is 76.9 cm³/mol. The summed E-state index contributed by atoms with van der Waals surface area (Å²) in [6.45, 7) is -0.107. The molecule has 0 aliphatic rings. The first kappa shape index (κ1) is 14.5. The van der Waals surface area contributed by atoms with Gasteiger partial charge in [-0.15, -0.1) is 0 Å². The number of hydrogen-bond donors (Lipinski definition) is 0. The Morgan fingerprint density at radius 3 is 2.50 bits per heavy atom. The molecule has 0 amide bonds. The van der Waals surface area contributed by atoms with E-state index in [9.17, 15) is 9.18 Å². The lowest BCUT2D eigenvalue weighted by Crippen LogP contribution is -2.11. The fourth-order valence-electron chi connectivity index (χ4n) is 1.60. The van der Waals surface area contributed by atoms with E-state index in [0.29, 0.717) is 21.5 Å². The molecule has 0 unspecified atom stereocenters. The number of rotatable bonds is 5. The lowest BCUT2D eigenvalue weighted by molar-refractivity contribution is 0.0921. The molecule has 20 heavy (non-hydrogen) atoms. The van der Waals surface area contributed by atoms with Crippen LogP contribution >= 0.6 is 15.9 Å². The molecular formula is C15H12BrFO3. The summed E-state index contributed by atoms with van der Waals surface area (Å²) >= 11 is 3.32. The van der Waals surface area contributed by atoms with E-state index in [1.54, 1.807) is 25.3 Å². The minimum absolute atomic E-state index is 0.107. The van der Waals surface area contributed by atoms with E-state index in [2.05, 4.69) is 15.9 Å². The van der Waals surface area contributed by atoms with Gasteiger partial charge in [0, 0.05) is 5.56 Å². The molecule has 0 radical (unpaired) electrons. The standard InChI is InChI=1S/C15H12BrFO3/c1-19-15-7-2-10(8-13(15)16)14(18)9-20-12-5-3-11(17)4-6-12/h2-8H,9H2,1H3. The normalized spacial score (nSPS) is 10.2. The van der Waals surface area contributed by atoms with Gasteiger partial charge in [0.05, 0.1) is 11.6 Å². The number of halogens is 2. The number of carbonyl (C=O) groups is 1. The highest BCUT2D eigenvalue weighted by atomic mass is 79.9. The van der Waals surface area contributed by atoms with Gasteiger partial charge >= 0.3 is 0 Å². The van der Waals surface area contributed by atoms with Crippen LogP contribution in [0.25, 0.3) is 0 Å². The van der Waals surface area contributed by atoms with Crippen molar-refractivity contribution in [2.45, 2.75) is 0 Å². The van der Waals surface area contributed by atoms with Crippen LogP contribution in [0.4, 0.5) is 4.39 Å². The Bertz CT molecular complexity index is 611. The molecule has 0 aliphatic heterocycles. The molecule has 2 aromatic carbocycles. The molecule has 104 valence electrons. The number of ether oxygens (including phenoxy) is 2. The van der Waals surface area contributed by atoms with Gasteiger partial charge in [0.1, 0.15) is 17.3 Å². The molecule has 0 aromatic heterocycles. The van der Waals surface area contributed by atoms with E-state index in [1.165, 1.54) is 24.3 Å². The monoisotopic (exact) mass is 338 g/mol. The highest BCUT2D eigenvalue weighted by Gasteiger charge is 2.10. The molecule has 0 fully saturated rings. The number of benzene rings is 2. The molecule has 0 aliphatic carbocycles. The van der Waals surface area contributed by atoms with E-state index >= 15 is 0 Å². The Morgan fingerprint density at radius 1 is 1.20 bits per heavy atom. The third-order valence-electron chi connectivity index (χ3n) is 2.66. The maximum Gasteiger partial charge on any atom is 0.200 e. The van der Waals surface area contributed by atoms with Crippen LogP contribution in [-0.4, -0.2) is 19.5 Å². The maximum absolute atomic E-state index is 12.7. The first-order valence-electron chi connectivity index (χ1n) is 5.85. The first-order chi connectivity index (χ1) is 9.60. The highest BCUT2D eigenvalue weighted by Crippen LogP contribution is 2.25. The summed E-state index contributed by atoms with van der Waals surface area (Å²) in [6, 6.07) is 10.6. The quantitative estimate of drug-likeness (QED) is 0.776. The van der Waals surface area contributed by atoms with Gasteiger partial charge in [-0.3, -0.25) is 4.79 Å². The third kappa shape index (κ3) is 3.57. The summed E-state index contributed by atoms with van der Waals surface area (Å²) in [5.41, 5.74) is 0.514. The molecule has 0 heterocycles. The van der Waals surface area contributed by atoms with Crippen molar-refractivity contribution in [3.63, 3.8) is 0 Å². The van der Waals surface area contributed by atoms with Crippen molar-refractivity contribution in [3.8, 4) is 11.5 Å². The van der Waals surface area contributed by atoms with Gasteiger partial charge in [-0.1, -0.05) is 0 Å². The number of carbonyl (C=O) groups excluding carboxylic acids is 1. The molecular weight excluding hydrogens is 327 g/mol. The Labute approximate surface area is 124 Å². The van der Waals surface area contributed by atoms with E-state index in [0.717, 1.165) is 0 Å². The maximum atomic E-state index is 12.7. The lowest BCUT2D eigenvalue weighted by atomic mass is 10.1. The van der Waals surface area contributed by atoms with Crippen LogP contribution in [0.5, 0.6) is 11.5 Å². The van der Waals surface area contributed by atoms with Crippen molar-refractivity contribution in [3.05, 3.63) is 58.3 Å². The van der Waals surface area contributed by atoms with Crippen LogP contribution in [0.15, 0.2) is 46.9 Å². The van der Waals surface area contributed by atoms with Crippen LogP contribution in [0, 0.1) is 5.82 Å². The van der Waals surface area contributed by atoms with Gasteiger partial charge in [-0.2, -0.15) is 0 Å². The molecule has 0 atom stereocenters. The van der Waals surface area contributed by atoms with Gasteiger partial charge in [-0.05, 0) is 58.4 Å².